The maximum Gasteiger partial charge on any atom is 0.159 e. The van der Waals surface area contributed by atoms with E-state index in [0.717, 1.165) is 71.9 Å². The minimum Gasteiger partial charge on any atom is -0.455 e. The Labute approximate surface area is 379 Å². The van der Waals surface area contributed by atoms with E-state index in [1.165, 1.54) is 48.5 Å². The van der Waals surface area contributed by atoms with Crippen molar-refractivity contribution >= 4 is 98.5 Å². The molecule has 66 heavy (non-hydrogen) atoms. The van der Waals surface area contributed by atoms with Gasteiger partial charge in [-0.25, -0.2) is 9.98 Å². The molecule has 2 aromatic heterocycles. The first-order valence-electron chi connectivity index (χ1n) is 22.5. The summed E-state index contributed by atoms with van der Waals surface area (Å²) in [5, 5.41) is 17.9. The average Bonchev–Trinajstić information content (AvgIpc) is 3.91. The zero-order valence-corrected chi connectivity index (χ0v) is 35.6. The van der Waals surface area contributed by atoms with Gasteiger partial charge in [0, 0.05) is 27.1 Å². The van der Waals surface area contributed by atoms with Gasteiger partial charge in [-0.15, -0.1) is 0 Å². The molecule has 308 valence electrons. The molecular weight excluding hydrogens is 805 g/mol. The van der Waals surface area contributed by atoms with Gasteiger partial charge < -0.3 is 14.3 Å². The summed E-state index contributed by atoms with van der Waals surface area (Å²) in [7, 11) is 0. The topological polar surface area (TPSA) is 54.8 Å². The van der Waals surface area contributed by atoms with Gasteiger partial charge in [-0.05, 0) is 108 Å². The largest absolute Gasteiger partial charge is 0.455 e. The standard InChI is InChI=1S/C61H38N4O/c1-2-12-37(13-3-1)38-22-25-40(26-23-38)59-62-60(46-28-29-48-45(32-46)27-24-39-14-8-9-19-47(39)48)64-61(63-59)57-53(31-30-50-49-20-10-11-21-56(49)66-58(50)57)65-54-35-43-17-6-4-15-41(43)33-51(54)52-34-42-16-5-7-18-44(42)36-55(52)65/h1-36,60H,(H,62,63,64). The van der Waals surface area contributed by atoms with Crippen LogP contribution >= 0.6 is 0 Å². The fourth-order valence-corrected chi connectivity index (χ4v) is 10.4. The lowest BCUT2D eigenvalue weighted by Gasteiger charge is -2.25. The number of nitrogens with one attached hydrogen (secondary N) is 1. The second-order valence-corrected chi connectivity index (χ2v) is 17.4. The zero-order valence-electron chi connectivity index (χ0n) is 35.6. The molecule has 14 rings (SSSR count). The van der Waals surface area contributed by atoms with Crippen molar-refractivity contribution in [2.24, 2.45) is 9.98 Å². The van der Waals surface area contributed by atoms with Crippen LogP contribution in [-0.2, 0) is 0 Å². The van der Waals surface area contributed by atoms with E-state index in [1.54, 1.807) is 0 Å². The number of nitrogens with zero attached hydrogens (tertiary/aromatic N) is 3. The number of hydrogen-bond acceptors (Lipinski definition) is 4. The molecule has 0 radical (unpaired) electrons. The summed E-state index contributed by atoms with van der Waals surface area (Å²) in [6.45, 7) is 0. The van der Waals surface area contributed by atoms with E-state index in [1.807, 2.05) is 12.1 Å². The van der Waals surface area contributed by atoms with Gasteiger partial charge in [-0.1, -0.05) is 170 Å². The average molecular weight is 843 g/mol. The van der Waals surface area contributed by atoms with Gasteiger partial charge >= 0.3 is 0 Å². The molecule has 0 aliphatic carbocycles. The highest BCUT2D eigenvalue weighted by molar-refractivity contribution is 6.23. The molecule has 11 aromatic carbocycles. The number of benzene rings is 11. The molecule has 1 unspecified atom stereocenters. The second kappa shape index (κ2) is 14.4. The molecule has 1 atom stereocenters. The Hall–Kier alpha value is -8.80. The number of fused-ring (bicyclic) bond motifs is 11. The maximum atomic E-state index is 7.01. The van der Waals surface area contributed by atoms with E-state index in [9.17, 15) is 0 Å². The first-order chi connectivity index (χ1) is 32.7. The van der Waals surface area contributed by atoms with Crippen molar-refractivity contribution in [3.63, 3.8) is 0 Å². The summed E-state index contributed by atoms with van der Waals surface area (Å²) < 4.78 is 9.43. The number of para-hydroxylation sites is 1. The number of amidine groups is 2. The SMILES string of the molecule is c1ccc(-c2ccc(C3=NC(c4ccc5c(ccc6ccccc65)c4)NC(c4c(-n5c6cc7ccccc7cc6c6cc7ccccc7cc65)ccc5c4oc4ccccc45)=N3)cc2)cc1. The van der Waals surface area contributed by atoms with Gasteiger partial charge in [0.15, 0.2) is 5.84 Å². The Morgan fingerprint density at radius 3 is 1.70 bits per heavy atom. The molecule has 1 aliphatic rings. The Kier molecular flexibility index (Phi) is 7.98. The highest BCUT2D eigenvalue weighted by atomic mass is 16.3. The fourth-order valence-electron chi connectivity index (χ4n) is 10.4. The van der Waals surface area contributed by atoms with Gasteiger partial charge in [0.2, 0.25) is 0 Å². The van der Waals surface area contributed by atoms with Crippen molar-refractivity contribution in [2.45, 2.75) is 6.17 Å². The van der Waals surface area contributed by atoms with Crippen molar-refractivity contribution in [1.29, 1.82) is 0 Å². The summed E-state index contributed by atoms with van der Waals surface area (Å²) in [5.74, 6) is 1.33. The summed E-state index contributed by atoms with van der Waals surface area (Å²) in [6, 6.07) is 78.2. The number of aliphatic imine (C=N–C) groups is 2. The zero-order chi connectivity index (χ0) is 43.3. The van der Waals surface area contributed by atoms with Crippen LogP contribution < -0.4 is 5.32 Å². The monoisotopic (exact) mass is 842 g/mol. The molecule has 5 nitrogen and oxygen atoms in total. The molecule has 1 aliphatic heterocycles. The molecule has 1 N–H and O–H groups in total. The third-order valence-electron chi connectivity index (χ3n) is 13.6. The highest BCUT2D eigenvalue weighted by Gasteiger charge is 2.29. The van der Waals surface area contributed by atoms with Crippen LogP contribution in [0.2, 0.25) is 0 Å². The minimum atomic E-state index is -0.462. The highest BCUT2D eigenvalue weighted by Crippen LogP contribution is 2.42. The summed E-state index contributed by atoms with van der Waals surface area (Å²) in [4.78, 5) is 11.0. The third kappa shape index (κ3) is 5.73. The van der Waals surface area contributed by atoms with Crippen LogP contribution in [0.15, 0.2) is 233 Å². The van der Waals surface area contributed by atoms with Crippen molar-refractivity contribution in [3.05, 3.63) is 235 Å². The van der Waals surface area contributed by atoms with Crippen molar-refractivity contribution in [1.82, 2.24) is 9.88 Å². The molecule has 0 amide bonds. The van der Waals surface area contributed by atoms with Gasteiger partial charge in [0.1, 0.15) is 23.2 Å². The summed E-state index contributed by atoms with van der Waals surface area (Å²) in [5.41, 5.74) is 9.90. The first kappa shape index (κ1) is 36.7. The van der Waals surface area contributed by atoms with Crippen LogP contribution in [0.3, 0.4) is 0 Å². The molecule has 3 heterocycles. The molecule has 0 fully saturated rings. The second-order valence-electron chi connectivity index (χ2n) is 17.4. The van der Waals surface area contributed by atoms with Gasteiger partial charge in [0.05, 0.1) is 22.3 Å². The molecule has 0 saturated heterocycles. The van der Waals surface area contributed by atoms with Crippen LogP contribution in [0, 0.1) is 0 Å². The van der Waals surface area contributed by atoms with E-state index >= 15 is 0 Å². The first-order valence-corrected chi connectivity index (χ1v) is 22.5. The lowest BCUT2D eigenvalue weighted by Crippen LogP contribution is -2.34. The van der Waals surface area contributed by atoms with Crippen molar-refractivity contribution in [2.75, 3.05) is 0 Å². The van der Waals surface area contributed by atoms with Gasteiger partial charge in [-0.2, -0.15) is 0 Å². The minimum absolute atomic E-state index is 0.462. The fraction of sp³-hybridized carbons (Fsp3) is 0.0164. The molecule has 0 saturated carbocycles. The smallest absolute Gasteiger partial charge is 0.159 e. The van der Waals surface area contributed by atoms with Gasteiger partial charge in [0.25, 0.3) is 0 Å². The Morgan fingerprint density at radius 2 is 0.970 bits per heavy atom. The Bertz CT molecular complexity index is 4100. The predicted molar refractivity (Wildman–Crippen MR) is 275 cm³/mol. The molecular formula is C61H38N4O. The van der Waals surface area contributed by atoms with Crippen LogP contribution in [0.4, 0.5) is 0 Å². The molecule has 13 aromatic rings. The quantitative estimate of drug-likeness (QED) is 0.176. The van der Waals surface area contributed by atoms with Crippen LogP contribution in [-0.4, -0.2) is 16.2 Å². The predicted octanol–water partition coefficient (Wildman–Crippen LogP) is 15.5. The number of hydrogen-bond donors (Lipinski definition) is 1. The summed E-state index contributed by atoms with van der Waals surface area (Å²) >= 11 is 0. The third-order valence-corrected chi connectivity index (χ3v) is 13.6. The van der Waals surface area contributed by atoms with E-state index in [2.05, 4.69) is 216 Å². The lowest BCUT2D eigenvalue weighted by molar-refractivity contribution is 0.659. The van der Waals surface area contributed by atoms with Crippen molar-refractivity contribution in [3.8, 4) is 16.8 Å². The van der Waals surface area contributed by atoms with Crippen molar-refractivity contribution < 1.29 is 4.42 Å². The van der Waals surface area contributed by atoms with Gasteiger partial charge in [-0.3, -0.25) is 0 Å². The summed E-state index contributed by atoms with van der Waals surface area (Å²) in [6.07, 6.45) is -0.462. The van der Waals surface area contributed by atoms with Crippen LogP contribution in [0.1, 0.15) is 22.9 Å². The van der Waals surface area contributed by atoms with E-state index in [0.29, 0.717) is 11.7 Å². The van der Waals surface area contributed by atoms with E-state index in [-0.39, 0.29) is 0 Å². The molecule has 5 heteroatoms. The molecule has 0 spiro atoms. The normalized spacial score (nSPS) is 14.2. The van der Waals surface area contributed by atoms with E-state index in [4.69, 9.17) is 14.4 Å². The maximum absolute atomic E-state index is 7.01. The lowest BCUT2D eigenvalue weighted by atomic mass is 9.98. The molecule has 0 bridgehead atoms. The van der Waals surface area contributed by atoms with Crippen LogP contribution in [0.5, 0.6) is 0 Å². The van der Waals surface area contributed by atoms with E-state index < -0.39 is 6.17 Å². The van der Waals surface area contributed by atoms with Crippen LogP contribution in [0.25, 0.3) is 104 Å². The Morgan fingerprint density at radius 1 is 0.409 bits per heavy atom. The Balaban J connectivity index is 1.04. The number of rotatable bonds is 5. The number of aromatic nitrogens is 1. The number of furan rings is 1.